The van der Waals surface area contributed by atoms with Gasteiger partial charge in [0.25, 0.3) is 0 Å². The minimum atomic E-state index is -0.572. The third-order valence-corrected chi connectivity index (χ3v) is 4.50. The molecule has 1 atom stereocenters. The van der Waals surface area contributed by atoms with Crippen molar-refractivity contribution in [1.82, 2.24) is 10.6 Å². The normalized spacial score (nSPS) is 17.7. The minimum Gasteiger partial charge on any atom is -0.382 e. The first-order valence-electron chi connectivity index (χ1n) is 8.28. The molecule has 0 aromatic rings. The van der Waals surface area contributed by atoms with E-state index in [9.17, 15) is 9.59 Å². The van der Waals surface area contributed by atoms with Gasteiger partial charge in [0.05, 0.1) is 12.6 Å². The van der Waals surface area contributed by atoms with E-state index in [0.29, 0.717) is 6.54 Å². The molecule has 6 heteroatoms. The first-order valence-corrected chi connectivity index (χ1v) is 8.28. The van der Waals surface area contributed by atoms with Gasteiger partial charge in [-0.25, -0.2) is 0 Å². The Morgan fingerprint density at radius 1 is 1.27 bits per heavy atom. The van der Waals surface area contributed by atoms with Gasteiger partial charge in [-0.1, -0.05) is 20.3 Å². The molecule has 0 radical (unpaired) electrons. The molecule has 1 rings (SSSR count). The highest BCUT2D eigenvalue weighted by atomic mass is 16.5. The number of nitrogens with one attached hydrogen (secondary N) is 2. The summed E-state index contributed by atoms with van der Waals surface area (Å²) < 4.78 is 5.42. The number of carbonyl (C=O) groups excluding carboxylic acids is 2. The van der Waals surface area contributed by atoms with Gasteiger partial charge in [-0.15, -0.1) is 0 Å². The third-order valence-electron chi connectivity index (χ3n) is 4.50. The molecule has 0 unspecified atom stereocenters. The molecule has 128 valence electrons. The van der Waals surface area contributed by atoms with E-state index in [-0.39, 0.29) is 29.7 Å². The fourth-order valence-electron chi connectivity index (χ4n) is 2.56. The van der Waals surface area contributed by atoms with Gasteiger partial charge in [0, 0.05) is 19.8 Å². The summed E-state index contributed by atoms with van der Waals surface area (Å²) in [6.07, 6.45) is 4.45. The van der Waals surface area contributed by atoms with Crippen LogP contribution in [0.2, 0.25) is 0 Å². The largest absolute Gasteiger partial charge is 0.382 e. The molecule has 0 bridgehead atoms. The van der Waals surface area contributed by atoms with Gasteiger partial charge < -0.3 is 21.1 Å². The second-order valence-corrected chi connectivity index (χ2v) is 6.56. The smallest absolute Gasteiger partial charge is 0.239 e. The summed E-state index contributed by atoms with van der Waals surface area (Å²) in [7, 11) is 0. The Bertz CT molecular complexity index is 368. The van der Waals surface area contributed by atoms with Gasteiger partial charge >= 0.3 is 0 Å². The highest BCUT2D eigenvalue weighted by Gasteiger charge is 2.36. The monoisotopic (exact) mass is 313 g/mol. The van der Waals surface area contributed by atoms with E-state index in [1.54, 1.807) is 0 Å². The lowest BCUT2D eigenvalue weighted by molar-refractivity contribution is -0.127. The van der Waals surface area contributed by atoms with Crippen LogP contribution in [0.3, 0.4) is 0 Å². The average molecular weight is 313 g/mol. The van der Waals surface area contributed by atoms with E-state index in [2.05, 4.69) is 10.6 Å². The summed E-state index contributed by atoms with van der Waals surface area (Å²) in [5, 5.41) is 5.51. The van der Waals surface area contributed by atoms with Crippen LogP contribution in [0.15, 0.2) is 0 Å². The summed E-state index contributed by atoms with van der Waals surface area (Å²) in [6, 6.07) is -0.572. The van der Waals surface area contributed by atoms with Crippen LogP contribution in [-0.4, -0.2) is 44.2 Å². The van der Waals surface area contributed by atoms with E-state index in [1.807, 2.05) is 20.8 Å². The van der Waals surface area contributed by atoms with Gasteiger partial charge in [-0.05, 0) is 37.5 Å². The van der Waals surface area contributed by atoms with Gasteiger partial charge in [0.2, 0.25) is 11.8 Å². The van der Waals surface area contributed by atoms with Crippen molar-refractivity contribution in [3.8, 4) is 0 Å². The van der Waals surface area contributed by atoms with Crippen LogP contribution in [0.25, 0.3) is 0 Å². The van der Waals surface area contributed by atoms with Crippen LogP contribution < -0.4 is 16.4 Å². The van der Waals surface area contributed by atoms with Crippen LogP contribution in [0.5, 0.6) is 0 Å². The van der Waals surface area contributed by atoms with Crippen LogP contribution in [-0.2, 0) is 14.3 Å². The molecule has 0 aliphatic heterocycles. The summed E-state index contributed by atoms with van der Waals surface area (Å²) >= 11 is 0. The van der Waals surface area contributed by atoms with E-state index >= 15 is 0 Å². The van der Waals surface area contributed by atoms with E-state index in [1.165, 1.54) is 6.42 Å². The topological polar surface area (TPSA) is 93.5 Å². The maximum absolute atomic E-state index is 11.9. The maximum atomic E-state index is 11.9. The van der Waals surface area contributed by atoms with Crippen molar-refractivity contribution < 1.29 is 14.3 Å². The Morgan fingerprint density at radius 3 is 2.45 bits per heavy atom. The molecule has 6 nitrogen and oxygen atoms in total. The molecule has 1 aliphatic rings. The number of nitrogens with two attached hydrogens (primary N) is 1. The Hall–Kier alpha value is -1.14. The summed E-state index contributed by atoms with van der Waals surface area (Å²) in [5.41, 5.74) is 5.91. The number of amides is 2. The van der Waals surface area contributed by atoms with Crippen molar-refractivity contribution in [3.63, 3.8) is 0 Å². The molecular weight excluding hydrogens is 282 g/mol. The highest BCUT2D eigenvalue weighted by molar-refractivity contribution is 5.87. The number of rotatable bonds is 10. The Labute approximate surface area is 133 Å². The lowest BCUT2D eigenvalue weighted by Crippen LogP contribution is -2.49. The first kappa shape index (κ1) is 18.9. The standard InChI is InChI=1S/C16H31N3O3/c1-4-22-9-8-16(6-5-7-16)11-19-13(20)10-18-15(21)14(17)12(2)3/h12,14H,4-11,17H2,1-3H3,(H,18,21)(H,19,20)/t14-/m0/s1. The molecule has 0 aromatic carbocycles. The molecule has 0 heterocycles. The lowest BCUT2D eigenvalue weighted by Gasteiger charge is -2.42. The van der Waals surface area contributed by atoms with Gasteiger partial charge in [-0.3, -0.25) is 9.59 Å². The SMILES string of the molecule is CCOCCC1(CNC(=O)CNC(=O)[C@@H](N)C(C)C)CCC1. The third kappa shape index (κ3) is 5.93. The van der Waals surface area contributed by atoms with Crippen LogP contribution in [0.1, 0.15) is 46.5 Å². The Morgan fingerprint density at radius 2 is 1.95 bits per heavy atom. The summed E-state index contributed by atoms with van der Waals surface area (Å²) in [5.74, 6) is -0.383. The second kappa shape index (κ2) is 9.10. The summed E-state index contributed by atoms with van der Waals surface area (Å²) in [4.78, 5) is 23.6. The molecule has 2 amide bonds. The number of hydrogen-bond acceptors (Lipinski definition) is 4. The summed E-state index contributed by atoms with van der Waals surface area (Å²) in [6.45, 7) is 7.86. The van der Waals surface area contributed by atoms with Crippen LogP contribution in [0, 0.1) is 11.3 Å². The minimum absolute atomic E-state index is 0.0131. The predicted molar refractivity (Wildman–Crippen MR) is 86.2 cm³/mol. The number of hydrogen-bond donors (Lipinski definition) is 3. The van der Waals surface area contributed by atoms with Gasteiger partial charge in [0.15, 0.2) is 0 Å². The van der Waals surface area contributed by atoms with Crippen molar-refractivity contribution in [2.75, 3.05) is 26.3 Å². The lowest BCUT2D eigenvalue weighted by atomic mass is 9.67. The fourth-order valence-corrected chi connectivity index (χ4v) is 2.56. The van der Waals surface area contributed by atoms with E-state index < -0.39 is 6.04 Å². The Kier molecular flexibility index (Phi) is 7.82. The van der Waals surface area contributed by atoms with Crippen molar-refractivity contribution in [3.05, 3.63) is 0 Å². The molecule has 0 aromatic heterocycles. The van der Waals surface area contributed by atoms with Crippen molar-refractivity contribution in [1.29, 1.82) is 0 Å². The fraction of sp³-hybridized carbons (Fsp3) is 0.875. The average Bonchev–Trinajstić information content (AvgIpc) is 2.45. The number of ether oxygens (including phenoxy) is 1. The molecule has 0 saturated heterocycles. The quantitative estimate of drug-likeness (QED) is 0.520. The zero-order chi connectivity index (χ0) is 16.6. The zero-order valence-corrected chi connectivity index (χ0v) is 14.1. The van der Waals surface area contributed by atoms with Crippen LogP contribution in [0.4, 0.5) is 0 Å². The maximum Gasteiger partial charge on any atom is 0.239 e. The van der Waals surface area contributed by atoms with E-state index in [4.69, 9.17) is 10.5 Å². The predicted octanol–water partition coefficient (Wildman–Crippen LogP) is 0.799. The second-order valence-electron chi connectivity index (χ2n) is 6.56. The first-order chi connectivity index (χ1) is 10.4. The molecule has 22 heavy (non-hydrogen) atoms. The van der Waals surface area contributed by atoms with Crippen LogP contribution >= 0.6 is 0 Å². The number of carbonyl (C=O) groups is 2. The highest BCUT2D eigenvalue weighted by Crippen LogP contribution is 2.43. The molecule has 1 aliphatic carbocycles. The molecular formula is C16H31N3O3. The van der Waals surface area contributed by atoms with Crippen molar-refractivity contribution >= 4 is 11.8 Å². The molecule has 1 fully saturated rings. The van der Waals surface area contributed by atoms with Gasteiger partial charge in [0.1, 0.15) is 0 Å². The molecule has 1 saturated carbocycles. The molecule has 0 spiro atoms. The van der Waals surface area contributed by atoms with Crippen molar-refractivity contribution in [2.45, 2.75) is 52.5 Å². The Balaban J connectivity index is 2.25. The van der Waals surface area contributed by atoms with E-state index in [0.717, 1.165) is 32.5 Å². The molecule has 4 N–H and O–H groups in total. The van der Waals surface area contributed by atoms with Crippen molar-refractivity contribution in [2.24, 2.45) is 17.1 Å². The van der Waals surface area contributed by atoms with Gasteiger partial charge in [-0.2, -0.15) is 0 Å². The zero-order valence-electron chi connectivity index (χ0n) is 14.1.